The fourth-order valence-electron chi connectivity index (χ4n) is 1.35. The molecule has 110 valence electrons. The van der Waals surface area contributed by atoms with Crippen LogP contribution in [0.4, 0.5) is 0 Å². The standard InChI is InChI=1S/C13H18N2O4S/c1-13(2,3)12(19)14-7-9(16)15-10(11(17)18)8-5-4-6-20-8/h4-6,10H,7H2,1-3H3,(H,14,19)(H,15,16)(H,17,18). The Bertz CT molecular complexity index is 491. The minimum absolute atomic E-state index is 0.245. The fraction of sp³-hybridized carbons (Fsp3) is 0.462. The van der Waals surface area contributed by atoms with Crippen LogP contribution >= 0.6 is 11.3 Å². The number of hydrogen-bond acceptors (Lipinski definition) is 4. The zero-order chi connectivity index (χ0) is 15.3. The zero-order valence-electron chi connectivity index (χ0n) is 11.6. The zero-order valence-corrected chi connectivity index (χ0v) is 12.4. The predicted octanol–water partition coefficient (Wildman–Crippen LogP) is 1.15. The molecule has 6 nitrogen and oxygen atoms in total. The van der Waals surface area contributed by atoms with E-state index in [0.29, 0.717) is 4.88 Å². The lowest BCUT2D eigenvalue weighted by Crippen LogP contribution is -2.43. The van der Waals surface area contributed by atoms with E-state index in [1.807, 2.05) is 0 Å². The van der Waals surface area contributed by atoms with E-state index < -0.39 is 23.3 Å². The van der Waals surface area contributed by atoms with E-state index in [1.54, 1.807) is 38.3 Å². The molecule has 7 heteroatoms. The summed E-state index contributed by atoms with van der Waals surface area (Å²) in [6.07, 6.45) is 0. The maximum Gasteiger partial charge on any atom is 0.331 e. The van der Waals surface area contributed by atoms with Crippen molar-refractivity contribution >= 4 is 29.1 Å². The van der Waals surface area contributed by atoms with Crippen molar-refractivity contribution in [2.75, 3.05) is 6.54 Å². The summed E-state index contributed by atoms with van der Waals surface area (Å²) in [4.78, 5) is 35.0. The van der Waals surface area contributed by atoms with Gasteiger partial charge in [0.05, 0.1) is 6.54 Å². The Balaban J connectivity index is 2.56. The Morgan fingerprint density at radius 1 is 1.35 bits per heavy atom. The van der Waals surface area contributed by atoms with Gasteiger partial charge in [-0.3, -0.25) is 9.59 Å². The van der Waals surface area contributed by atoms with Crippen LogP contribution in [-0.4, -0.2) is 29.4 Å². The summed E-state index contributed by atoms with van der Waals surface area (Å²) in [5, 5.41) is 15.7. The maximum atomic E-state index is 11.7. The van der Waals surface area contributed by atoms with Gasteiger partial charge in [0, 0.05) is 10.3 Å². The molecule has 0 saturated carbocycles. The summed E-state index contributed by atoms with van der Waals surface area (Å²) in [7, 11) is 0. The number of thiophene rings is 1. The third-order valence-corrected chi connectivity index (χ3v) is 3.41. The SMILES string of the molecule is CC(C)(C)C(=O)NCC(=O)NC(C(=O)O)c1cccs1. The second-order valence-electron chi connectivity index (χ2n) is 5.29. The molecule has 1 aromatic heterocycles. The van der Waals surface area contributed by atoms with Gasteiger partial charge in [-0.25, -0.2) is 4.79 Å². The lowest BCUT2D eigenvalue weighted by atomic mass is 9.96. The molecule has 1 unspecified atom stereocenters. The highest BCUT2D eigenvalue weighted by molar-refractivity contribution is 7.10. The van der Waals surface area contributed by atoms with Crippen LogP contribution in [0.15, 0.2) is 17.5 Å². The van der Waals surface area contributed by atoms with Crippen molar-refractivity contribution in [2.45, 2.75) is 26.8 Å². The van der Waals surface area contributed by atoms with Gasteiger partial charge in [0.25, 0.3) is 0 Å². The highest BCUT2D eigenvalue weighted by Gasteiger charge is 2.25. The number of nitrogens with one attached hydrogen (secondary N) is 2. The van der Waals surface area contributed by atoms with Gasteiger partial charge in [-0.2, -0.15) is 0 Å². The number of carbonyl (C=O) groups excluding carboxylic acids is 2. The minimum atomic E-state index is -1.14. The van der Waals surface area contributed by atoms with E-state index in [9.17, 15) is 14.4 Å². The molecule has 1 rings (SSSR count). The van der Waals surface area contributed by atoms with Gasteiger partial charge < -0.3 is 15.7 Å². The molecule has 0 aliphatic carbocycles. The van der Waals surface area contributed by atoms with Crippen molar-refractivity contribution in [1.82, 2.24) is 10.6 Å². The first-order valence-electron chi connectivity index (χ1n) is 6.05. The average molecular weight is 298 g/mol. The first kappa shape index (κ1) is 16.2. The largest absolute Gasteiger partial charge is 0.479 e. The molecule has 0 saturated heterocycles. The molecule has 1 atom stereocenters. The van der Waals surface area contributed by atoms with Crippen LogP contribution in [0.1, 0.15) is 31.7 Å². The van der Waals surface area contributed by atoms with E-state index in [0.717, 1.165) is 0 Å². The van der Waals surface area contributed by atoms with Crippen LogP contribution in [0.5, 0.6) is 0 Å². The number of aliphatic carboxylic acids is 1. The van der Waals surface area contributed by atoms with Gasteiger partial charge in [-0.15, -0.1) is 11.3 Å². The number of rotatable bonds is 5. The first-order chi connectivity index (χ1) is 9.21. The minimum Gasteiger partial charge on any atom is -0.479 e. The van der Waals surface area contributed by atoms with Crippen LogP contribution in [0.25, 0.3) is 0 Å². The second-order valence-corrected chi connectivity index (χ2v) is 6.27. The Morgan fingerprint density at radius 2 is 2.00 bits per heavy atom. The number of hydrogen-bond donors (Lipinski definition) is 3. The number of carboxylic acids is 1. The van der Waals surface area contributed by atoms with Gasteiger partial charge in [-0.1, -0.05) is 26.8 Å². The third-order valence-electron chi connectivity index (χ3n) is 2.47. The normalized spacial score (nSPS) is 12.6. The summed E-state index contributed by atoms with van der Waals surface area (Å²) in [6.45, 7) is 4.94. The lowest BCUT2D eigenvalue weighted by molar-refractivity contribution is -0.141. The van der Waals surface area contributed by atoms with Gasteiger partial charge >= 0.3 is 5.97 Å². The number of carboxylic acid groups (broad SMARTS) is 1. The lowest BCUT2D eigenvalue weighted by Gasteiger charge is -2.18. The van der Waals surface area contributed by atoms with Crippen molar-refractivity contribution in [1.29, 1.82) is 0 Å². The first-order valence-corrected chi connectivity index (χ1v) is 6.93. The summed E-state index contributed by atoms with van der Waals surface area (Å²) in [5.41, 5.74) is -0.597. The van der Waals surface area contributed by atoms with Crippen molar-refractivity contribution in [3.63, 3.8) is 0 Å². The summed E-state index contributed by atoms with van der Waals surface area (Å²) in [6, 6.07) is 2.26. The highest BCUT2D eigenvalue weighted by atomic mass is 32.1. The molecule has 20 heavy (non-hydrogen) atoms. The summed E-state index contributed by atoms with van der Waals surface area (Å²) in [5.74, 6) is -1.94. The van der Waals surface area contributed by atoms with Crippen molar-refractivity contribution < 1.29 is 19.5 Å². The predicted molar refractivity (Wildman–Crippen MR) is 75.3 cm³/mol. The molecule has 0 fully saturated rings. The van der Waals surface area contributed by atoms with Crippen molar-refractivity contribution in [3.8, 4) is 0 Å². The van der Waals surface area contributed by atoms with E-state index in [1.165, 1.54) is 11.3 Å². The summed E-state index contributed by atoms with van der Waals surface area (Å²) < 4.78 is 0. The molecular weight excluding hydrogens is 280 g/mol. The van der Waals surface area contributed by atoms with Gasteiger partial charge in [0.2, 0.25) is 11.8 Å². The van der Waals surface area contributed by atoms with Gasteiger partial charge in [0.15, 0.2) is 6.04 Å². The van der Waals surface area contributed by atoms with E-state index >= 15 is 0 Å². The Kier molecular flexibility index (Phi) is 5.26. The van der Waals surface area contributed by atoms with Gasteiger partial charge in [-0.05, 0) is 11.4 Å². The number of amides is 2. The quantitative estimate of drug-likeness (QED) is 0.760. The van der Waals surface area contributed by atoms with Crippen LogP contribution < -0.4 is 10.6 Å². The van der Waals surface area contributed by atoms with Crippen LogP contribution in [0.3, 0.4) is 0 Å². The molecule has 2 amide bonds. The van der Waals surface area contributed by atoms with Crippen LogP contribution in [-0.2, 0) is 14.4 Å². The van der Waals surface area contributed by atoms with Crippen molar-refractivity contribution in [3.05, 3.63) is 22.4 Å². The smallest absolute Gasteiger partial charge is 0.331 e. The highest BCUT2D eigenvalue weighted by Crippen LogP contribution is 2.19. The number of carbonyl (C=O) groups is 3. The molecule has 1 aromatic rings. The molecule has 0 aromatic carbocycles. The molecule has 1 heterocycles. The molecule has 0 spiro atoms. The van der Waals surface area contributed by atoms with Crippen LogP contribution in [0, 0.1) is 5.41 Å². The molecular formula is C13H18N2O4S. The Hall–Kier alpha value is -1.89. The maximum absolute atomic E-state index is 11.7. The topological polar surface area (TPSA) is 95.5 Å². The van der Waals surface area contributed by atoms with Gasteiger partial charge in [0.1, 0.15) is 0 Å². The van der Waals surface area contributed by atoms with E-state index in [4.69, 9.17) is 5.11 Å². The third kappa shape index (κ3) is 4.65. The molecule has 3 N–H and O–H groups in total. The van der Waals surface area contributed by atoms with Crippen LogP contribution in [0.2, 0.25) is 0 Å². The Morgan fingerprint density at radius 3 is 2.45 bits per heavy atom. The summed E-state index contributed by atoms with van der Waals surface area (Å²) >= 11 is 1.25. The molecule has 0 bridgehead atoms. The Labute approximate surface area is 121 Å². The molecule has 0 aliphatic heterocycles. The molecule has 0 radical (unpaired) electrons. The average Bonchev–Trinajstić information content (AvgIpc) is 2.84. The van der Waals surface area contributed by atoms with E-state index in [2.05, 4.69) is 10.6 Å². The van der Waals surface area contributed by atoms with Crippen molar-refractivity contribution in [2.24, 2.45) is 5.41 Å². The van der Waals surface area contributed by atoms with E-state index in [-0.39, 0.29) is 12.5 Å². The fourth-order valence-corrected chi connectivity index (χ4v) is 2.12. The monoisotopic (exact) mass is 298 g/mol. The molecule has 0 aliphatic rings. The second kappa shape index (κ2) is 6.51.